The third kappa shape index (κ3) is 6.88. The molecule has 0 amide bonds. The van der Waals surface area contributed by atoms with E-state index < -0.39 is 0 Å². The second-order valence-corrected chi connectivity index (χ2v) is 3.60. The minimum Gasteiger partial charge on any atom is -0.351 e. The Morgan fingerprint density at radius 2 is 1.60 bits per heavy atom. The predicted octanol–water partition coefficient (Wildman–Crippen LogP) is 2.55. The molecule has 0 aliphatic rings. The Morgan fingerprint density at radius 1 is 1.00 bits per heavy atom. The van der Waals surface area contributed by atoms with Gasteiger partial charge in [-0.25, -0.2) is 0 Å². The molecule has 3 nitrogen and oxygen atoms in total. The van der Waals surface area contributed by atoms with Crippen molar-refractivity contribution < 1.29 is 9.47 Å². The van der Waals surface area contributed by atoms with Crippen molar-refractivity contribution in [2.24, 2.45) is 0 Å². The molecule has 0 aromatic rings. The molecule has 0 fully saturated rings. The summed E-state index contributed by atoms with van der Waals surface area (Å²) < 4.78 is 11.2. The summed E-state index contributed by atoms with van der Waals surface area (Å²) in [5.41, 5.74) is 0. The van der Waals surface area contributed by atoms with Crippen molar-refractivity contribution in [2.45, 2.75) is 59.3 Å². The van der Waals surface area contributed by atoms with E-state index in [2.05, 4.69) is 19.2 Å². The molecule has 0 saturated carbocycles. The highest BCUT2D eigenvalue weighted by atomic mass is 16.7. The van der Waals surface area contributed by atoms with E-state index in [1.807, 2.05) is 13.8 Å². The van der Waals surface area contributed by atoms with E-state index in [0.29, 0.717) is 19.3 Å². The second kappa shape index (κ2) is 10.4. The van der Waals surface area contributed by atoms with Crippen molar-refractivity contribution in [3.63, 3.8) is 0 Å². The number of hydrogen-bond acceptors (Lipinski definition) is 3. The lowest BCUT2D eigenvalue weighted by Crippen LogP contribution is -2.43. The average Bonchev–Trinajstić information content (AvgIpc) is 2.24. The highest BCUT2D eigenvalue weighted by Gasteiger charge is 2.19. The largest absolute Gasteiger partial charge is 0.351 e. The van der Waals surface area contributed by atoms with Gasteiger partial charge in [0.1, 0.15) is 0 Å². The van der Waals surface area contributed by atoms with Gasteiger partial charge in [0.2, 0.25) is 0 Å². The Balaban J connectivity index is 3.93. The lowest BCUT2D eigenvalue weighted by molar-refractivity contribution is -0.154. The summed E-state index contributed by atoms with van der Waals surface area (Å²) in [5.74, 6) is 0. The molecule has 0 spiro atoms. The van der Waals surface area contributed by atoms with Crippen LogP contribution in [0.4, 0.5) is 0 Å². The maximum Gasteiger partial charge on any atom is 0.172 e. The number of rotatable bonds is 10. The molecule has 0 aliphatic heterocycles. The van der Waals surface area contributed by atoms with Crippen LogP contribution in [0.3, 0.4) is 0 Å². The fourth-order valence-corrected chi connectivity index (χ4v) is 1.51. The van der Waals surface area contributed by atoms with Gasteiger partial charge in [0, 0.05) is 13.2 Å². The first-order valence-corrected chi connectivity index (χ1v) is 6.26. The number of hydrogen-bond donors (Lipinski definition) is 1. The highest BCUT2D eigenvalue weighted by Crippen LogP contribution is 2.06. The van der Waals surface area contributed by atoms with Crippen LogP contribution in [0, 0.1) is 0 Å². The van der Waals surface area contributed by atoms with E-state index in [0.717, 1.165) is 13.0 Å². The summed E-state index contributed by atoms with van der Waals surface area (Å²) in [5, 5.41) is 3.49. The second-order valence-electron chi connectivity index (χ2n) is 3.60. The van der Waals surface area contributed by atoms with Crippen molar-refractivity contribution >= 4 is 0 Å². The molecule has 1 N–H and O–H groups in total. The van der Waals surface area contributed by atoms with Crippen LogP contribution in [0.15, 0.2) is 0 Å². The minimum absolute atomic E-state index is 0.0955. The fourth-order valence-electron chi connectivity index (χ4n) is 1.51. The molecule has 0 radical (unpaired) electrons. The molecule has 0 saturated heterocycles. The molecule has 15 heavy (non-hydrogen) atoms. The topological polar surface area (TPSA) is 30.5 Å². The Labute approximate surface area is 94.5 Å². The van der Waals surface area contributed by atoms with E-state index in [9.17, 15) is 0 Å². The summed E-state index contributed by atoms with van der Waals surface area (Å²) in [7, 11) is 0. The van der Waals surface area contributed by atoms with E-state index in [-0.39, 0.29) is 6.29 Å². The van der Waals surface area contributed by atoms with Crippen LogP contribution in [-0.2, 0) is 9.47 Å². The van der Waals surface area contributed by atoms with Crippen molar-refractivity contribution in [3.05, 3.63) is 0 Å². The maximum atomic E-state index is 5.58. The molecule has 0 heterocycles. The molecular weight excluding hydrogens is 190 g/mol. The molecule has 0 aromatic heterocycles. The molecule has 1 unspecified atom stereocenters. The maximum absolute atomic E-state index is 5.58. The van der Waals surface area contributed by atoms with Crippen LogP contribution < -0.4 is 5.32 Å². The number of ether oxygens (including phenoxy) is 2. The van der Waals surface area contributed by atoms with E-state index in [1.165, 1.54) is 12.8 Å². The lowest BCUT2D eigenvalue weighted by Gasteiger charge is -2.26. The van der Waals surface area contributed by atoms with Gasteiger partial charge in [-0.1, -0.05) is 20.3 Å². The Bertz CT molecular complexity index is 125. The Hall–Kier alpha value is -0.120. The molecule has 0 rings (SSSR count). The third-order valence-electron chi connectivity index (χ3n) is 2.37. The summed E-state index contributed by atoms with van der Waals surface area (Å²) >= 11 is 0. The van der Waals surface area contributed by atoms with Crippen LogP contribution in [0.2, 0.25) is 0 Å². The quantitative estimate of drug-likeness (QED) is 0.450. The first-order chi connectivity index (χ1) is 7.29. The first kappa shape index (κ1) is 14.9. The van der Waals surface area contributed by atoms with Crippen LogP contribution >= 0.6 is 0 Å². The van der Waals surface area contributed by atoms with Crippen LogP contribution in [0.5, 0.6) is 0 Å². The van der Waals surface area contributed by atoms with Gasteiger partial charge in [-0.3, -0.25) is 0 Å². The van der Waals surface area contributed by atoms with Gasteiger partial charge in [-0.15, -0.1) is 0 Å². The normalized spacial score (nSPS) is 13.4. The molecule has 0 aromatic carbocycles. The van der Waals surface area contributed by atoms with Crippen LogP contribution in [0.25, 0.3) is 0 Å². The van der Waals surface area contributed by atoms with Gasteiger partial charge >= 0.3 is 0 Å². The zero-order chi connectivity index (χ0) is 11.5. The zero-order valence-corrected chi connectivity index (χ0v) is 10.7. The van der Waals surface area contributed by atoms with Gasteiger partial charge in [-0.2, -0.15) is 0 Å². The number of nitrogens with one attached hydrogen (secondary N) is 1. The van der Waals surface area contributed by atoms with Gasteiger partial charge in [-0.05, 0) is 33.2 Å². The van der Waals surface area contributed by atoms with E-state index in [4.69, 9.17) is 9.47 Å². The van der Waals surface area contributed by atoms with Crippen molar-refractivity contribution in [2.75, 3.05) is 19.8 Å². The van der Waals surface area contributed by atoms with Gasteiger partial charge in [0.25, 0.3) is 0 Å². The highest BCUT2D eigenvalue weighted by molar-refractivity contribution is 4.69. The zero-order valence-electron chi connectivity index (χ0n) is 10.7. The Kier molecular flexibility index (Phi) is 10.3. The standard InChI is InChI=1S/C12H27NO2/c1-5-9-10-13-11(6-2)12(14-7-3)15-8-4/h11-13H,5-10H2,1-4H3. The van der Waals surface area contributed by atoms with Gasteiger partial charge in [0.05, 0.1) is 6.04 Å². The monoisotopic (exact) mass is 217 g/mol. The average molecular weight is 217 g/mol. The SMILES string of the molecule is CCCCNC(CC)C(OCC)OCC. The minimum atomic E-state index is -0.0955. The van der Waals surface area contributed by atoms with Crippen molar-refractivity contribution in [1.29, 1.82) is 0 Å². The fraction of sp³-hybridized carbons (Fsp3) is 1.00. The third-order valence-corrected chi connectivity index (χ3v) is 2.37. The predicted molar refractivity (Wildman–Crippen MR) is 64.0 cm³/mol. The molecule has 92 valence electrons. The molecule has 0 aliphatic carbocycles. The van der Waals surface area contributed by atoms with Crippen LogP contribution in [-0.4, -0.2) is 32.1 Å². The lowest BCUT2D eigenvalue weighted by atomic mass is 10.2. The Morgan fingerprint density at radius 3 is 2.00 bits per heavy atom. The first-order valence-electron chi connectivity index (χ1n) is 6.26. The molecule has 3 heteroatoms. The molecule has 0 bridgehead atoms. The van der Waals surface area contributed by atoms with Crippen molar-refractivity contribution in [3.8, 4) is 0 Å². The van der Waals surface area contributed by atoms with Crippen LogP contribution in [0.1, 0.15) is 47.0 Å². The summed E-state index contributed by atoms with van der Waals surface area (Å²) in [6, 6.07) is 0.316. The summed E-state index contributed by atoms with van der Waals surface area (Å²) in [6.45, 7) is 10.8. The molecule has 1 atom stereocenters. The van der Waals surface area contributed by atoms with E-state index in [1.54, 1.807) is 0 Å². The summed E-state index contributed by atoms with van der Waals surface area (Å²) in [4.78, 5) is 0. The summed E-state index contributed by atoms with van der Waals surface area (Å²) in [6.07, 6.45) is 3.37. The van der Waals surface area contributed by atoms with Gasteiger partial charge < -0.3 is 14.8 Å². The van der Waals surface area contributed by atoms with Gasteiger partial charge in [0.15, 0.2) is 6.29 Å². The van der Waals surface area contributed by atoms with E-state index >= 15 is 0 Å². The smallest absolute Gasteiger partial charge is 0.172 e. The molecular formula is C12H27NO2. The number of unbranched alkanes of at least 4 members (excludes halogenated alkanes) is 1. The van der Waals surface area contributed by atoms with Crippen molar-refractivity contribution in [1.82, 2.24) is 5.32 Å².